The van der Waals surface area contributed by atoms with Crippen LogP contribution >= 0.6 is 0 Å². The molecule has 74 valence electrons. The molecular formula is C10H18N2O. The third-order valence-corrected chi connectivity index (χ3v) is 1.33. The molecule has 0 bridgehead atoms. The third kappa shape index (κ3) is 3.87. The summed E-state index contributed by atoms with van der Waals surface area (Å²) in [6.07, 6.45) is 1.77. The Morgan fingerprint density at radius 1 is 1.31 bits per heavy atom. The molecular weight excluding hydrogens is 164 g/mol. The normalized spacial score (nSPS) is 8.69. The van der Waals surface area contributed by atoms with Crippen LogP contribution in [0.1, 0.15) is 32.2 Å². The van der Waals surface area contributed by atoms with Gasteiger partial charge in [-0.3, -0.25) is 0 Å². The molecule has 3 nitrogen and oxygen atoms in total. The van der Waals surface area contributed by atoms with Gasteiger partial charge >= 0.3 is 0 Å². The van der Waals surface area contributed by atoms with Gasteiger partial charge in [-0.05, 0) is 20.8 Å². The Kier molecular flexibility index (Phi) is 5.85. The zero-order valence-corrected chi connectivity index (χ0v) is 9.09. The van der Waals surface area contributed by atoms with Gasteiger partial charge < -0.3 is 4.74 Å². The van der Waals surface area contributed by atoms with Crippen LogP contribution < -0.4 is 4.74 Å². The number of hydrogen-bond acceptors (Lipinski definition) is 3. The summed E-state index contributed by atoms with van der Waals surface area (Å²) in [4.78, 5) is 8.16. The quantitative estimate of drug-likeness (QED) is 0.705. The van der Waals surface area contributed by atoms with E-state index in [4.69, 9.17) is 4.74 Å². The molecule has 0 atom stereocenters. The highest BCUT2D eigenvalue weighted by atomic mass is 16.5. The Morgan fingerprint density at radius 3 is 2.46 bits per heavy atom. The summed E-state index contributed by atoms with van der Waals surface area (Å²) < 4.78 is 5.27. The van der Waals surface area contributed by atoms with Gasteiger partial charge in [0.25, 0.3) is 0 Å². The standard InChI is InChI=1S/C8H12N2O.C2H6/c1-4-11-8-6(2)5-9-7(3)10-8;1-2/h5H,4H2,1-3H3;1-2H3. The predicted octanol–water partition coefficient (Wildman–Crippen LogP) is 2.52. The minimum absolute atomic E-state index is 0.650. The smallest absolute Gasteiger partial charge is 0.219 e. The molecule has 0 aliphatic heterocycles. The number of nitrogens with zero attached hydrogens (tertiary/aromatic N) is 2. The number of hydrogen-bond donors (Lipinski definition) is 0. The lowest BCUT2D eigenvalue weighted by molar-refractivity contribution is 0.322. The fourth-order valence-electron chi connectivity index (χ4n) is 0.792. The lowest BCUT2D eigenvalue weighted by atomic mass is 10.4. The van der Waals surface area contributed by atoms with E-state index in [1.165, 1.54) is 0 Å². The molecule has 0 saturated carbocycles. The van der Waals surface area contributed by atoms with Crippen molar-refractivity contribution in [1.82, 2.24) is 9.97 Å². The van der Waals surface area contributed by atoms with Crippen LogP contribution in [0.2, 0.25) is 0 Å². The summed E-state index contributed by atoms with van der Waals surface area (Å²) in [5.74, 6) is 1.44. The van der Waals surface area contributed by atoms with Gasteiger partial charge in [0.2, 0.25) is 5.88 Å². The van der Waals surface area contributed by atoms with Gasteiger partial charge in [0, 0.05) is 11.8 Å². The lowest BCUT2D eigenvalue weighted by Gasteiger charge is -2.04. The maximum absolute atomic E-state index is 5.27. The SMILES string of the molecule is CC.CCOc1nc(C)ncc1C. The fourth-order valence-corrected chi connectivity index (χ4v) is 0.792. The summed E-state index contributed by atoms with van der Waals surface area (Å²) in [5, 5.41) is 0. The molecule has 3 heteroatoms. The van der Waals surface area contributed by atoms with Crippen molar-refractivity contribution in [3.05, 3.63) is 17.6 Å². The second kappa shape index (κ2) is 6.40. The van der Waals surface area contributed by atoms with Crippen molar-refractivity contribution in [3.63, 3.8) is 0 Å². The van der Waals surface area contributed by atoms with Gasteiger partial charge in [0.1, 0.15) is 5.82 Å². The number of ether oxygens (including phenoxy) is 1. The third-order valence-electron chi connectivity index (χ3n) is 1.33. The van der Waals surface area contributed by atoms with Crippen LogP contribution in [0, 0.1) is 13.8 Å². The van der Waals surface area contributed by atoms with Crippen molar-refractivity contribution in [1.29, 1.82) is 0 Å². The van der Waals surface area contributed by atoms with Gasteiger partial charge in [0.05, 0.1) is 6.61 Å². The largest absolute Gasteiger partial charge is 0.478 e. The van der Waals surface area contributed by atoms with Crippen LogP contribution in [0.3, 0.4) is 0 Å². The van der Waals surface area contributed by atoms with Crippen LogP contribution in [-0.4, -0.2) is 16.6 Å². The molecule has 0 saturated heterocycles. The van der Waals surface area contributed by atoms with E-state index in [2.05, 4.69) is 9.97 Å². The van der Waals surface area contributed by atoms with Crippen LogP contribution in [0.4, 0.5) is 0 Å². The maximum Gasteiger partial charge on any atom is 0.219 e. The van der Waals surface area contributed by atoms with E-state index in [0.717, 1.165) is 11.4 Å². The van der Waals surface area contributed by atoms with Crippen molar-refractivity contribution < 1.29 is 4.74 Å². The zero-order chi connectivity index (χ0) is 10.3. The highest BCUT2D eigenvalue weighted by Crippen LogP contribution is 2.11. The molecule has 0 amide bonds. The van der Waals surface area contributed by atoms with Crippen LogP contribution in [-0.2, 0) is 0 Å². The Hall–Kier alpha value is -1.12. The summed E-state index contributed by atoms with van der Waals surface area (Å²) in [5.41, 5.74) is 0.984. The van der Waals surface area contributed by atoms with Crippen LogP contribution in [0.5, 0.6) is 5.88 Å². The summed E-state index contributed by atoms with van der Waals surface area (Å²) in [6, 6.07) is 0. The van der Waals surface area contributed by atoms with E-state index < -0.39 is 0 Å². The highest BCUT2D eigenvalue weighted by molar-refractivity contribution is 5.21. The Morgan fingerprint density at radius 2 is 1.92 bits per heavy atom. The Labute approximate surface area is 80.2 Å². The molecule has 1 aromatic heterocycles. The lowest BCUT2D eigenvalue weighted by Crippen LogP contribution is -1.99. The molecule has 0 fully saturated rings. The summed E-state index contributed by atoms with van der Waals surface area (Å²) >= 11 is 0. The fraction of sp³-hybridized carbons (Fsp3) is 0.600. The number of rotatable bonds is 2. The molecule has 0 spiro atoms. The first kappa shape index (κ1) is 11.9. The Bertz CT molecular complexity index is 249. The molecule has 1 rings (SSSR count). The number of aryl methyl sites for hydroxylation is 2. The zero-order valence-electron chi connectivity index (χ0n) is 9.09. The van der Waals surface area contributed by atoms with E-state index in [0.29, 0.717) is 12.5 Å². The second-order valence-corrected chi connectivity index (χ2v) is 2.34. The first-order chi connectivity index (χ1) is 6.24. The van der Waals surface area contributed by atoms with E-state index >= 15 is 0 Å². The van der Waals surface area contributed by atoms with Crippen molar-refractivity contribution in [2.45, 2.75) is 34.6 Å². The molecule has 0 unspecified atom stereocenters. The van der Waals surface area contributed by atoms with E-state index in [-0.39, 0.29) is 0 Å². The van der Waals surface area contributed by atoms with Crippen molar-refractivity contribution in [2.24, 2.45) is 0 Å². The molecule has 0 N–H and O–H groups in total. The highest BCUT2D eigenvalue weighted by Gasteiger charge is 1.99. The first-order valence-electron chi connectivity index (χ1n) is 4.67. The van der Waals surface area contributed by atoms with Crippen molar-refractivity contribution >= 4 is 0 Å². The molecule has 0 radical (unpaired) electrons. The van der Waals surface area contributed by atoms with Gasteiger partial charge in [-0.1, -0.05) is 13.8 Å². The summed E-state index contributed by atoms with van der Waals surface area (Å²) in [6.45, 7) is 10.4. The minimum Gasteiger partial charge on any atom is -0.478 e. The predicted molar refractivity (Wildman–Crippen MR) is 54.0 cm³/mol. The maximum atomic E-state index is 5.27. The van der Waals surface area contributed by atoms with Gasteiger partial charge in [-0.15, -0.1) is 0 Å². The second-order valence-electron chi connectivity index (χ2n) is 2.34. The number of aromatic nitrogens is 2. The first-order valence-corrected chi connectivity index (χ1v) is 4.67. The van der Waals surface area contributed by atoms with Crippen molar-refractivity contribution in [3.8, 4) is 5.88 Å². The van der Waals surface area contributed by atoms with Gasteiger partial charge in [0.15, 0.2) is 0 Å². The molecule has 0 aliphatic rings. The van der Waals surface area contributed by atoms with Crippen LogP contribution in [0.15, 0.2) is 6.20 Å². The molecule has 0 aliphatic carbocycles. The molecule has 0 aromatic carbocycles. The van der Waals surface area contributed by atoms with Crippen molar-refractivity contribution in [2.75, 3.05) is 6.61 Å². The molecule has 1 aromatic rings. The van der Waals surface area contributed by atoms with E-state index in [1.54, 1.807) is 6.20 Å². The van der Waals surface area contributed by atoms with Gasteiger partial charge in [-0.25, -0.2) is 4.98 Å². The average Bonchev–Trinajstić information content (AvgIpc) is 2.15. The topological polar surface area (TPSA) is 35.0 Å². The Balaban J connectivity index is 0.000000671. The molecule has 13 heavy (non-hydrogen) atoms. The summed E-state index contributed by atoms with van der Waals surface area (Å²) in [7, 11) is 0. The van der Waals surface area contributed by atoms with E-state index in [1.807, 2.05) is 34.6 Å². The minimum atomic E-state index is 0.650. The van der Waals surface area contributed by atoms with Gasteiger partial charge in [-0.2, -0.15) is 4.98 Å². The average molecular weight is 182 g/mol. The monoisotopic (exact) mass is 182 g/mol. The van der Waals surface area contributed by atoms with Crippen LogP contribution in [0.25, 0.3) is 0 Å². The van der Waals surface area contributed by atoms with E-state index in [9.17, 15) is 0 Å². The molecule has 1 heterocycles.